The van der Waals surface area contributed by atoms with Crippen molar-refractivity contribution in [2.75, 3.05) is 12.4 Å². The number of hydrogen-bond acceptors (Lipinski definition) is 3. The lowest BCUT2D eigenvalue weighted by Gasteiger charge is -2.11. The number of thiocarbonyl (C=S) groups is 1. The lowest BCUT2D eigenvalue weighted by atomic mass is 10.2. The predicted molar refractivity (Wildman–Crippen MR) is 103 cm³/mol. The van der Waals surface area contributed by atoms with Crippen molar-refractivity contribution >= 4 is 46.6 Å². The van der Waals surface area contributed by atoms with Gasteiger partial charge in [-0.15, -0.1) is 0 Å². The fourth-order valence-electron chi connectivity index (χ4n) is 2.01. The van der Waals surface area contributed by atoms with Crippen LogP contribution in [0.25, 0.3) is 6.08 Å². The topological polar surface area (TPSA) is 50.4 Å². The Hall–Kier alpha value is -2.37. The van der Waals surface area contributed by atoms with Gasteiger partial charge in [0.2, 0.25) is 5.91 Å². The number of carbonyl (C=O) groups excluding carboxylic acids is 1. The molecule has 0 bridgehead atoms. The van der Waals surface area contributed by atoms with Gasteiger partial charge in [-0.05, 0) is 49.0 Å². The van der Waals surface area contributed by atoms with E-state index in [1.54, 1.807) is 25.3 Å². The second kappa shape index (κ2) is 8.47. The lowest BCUT2D eigenvalue weighted by Crippen LogP contribution is -2.33. The molecule has 0 heterocycles. The Balaban J connectivity index is 1.98. The molecule has 0 unspecified atom stereocenters. The van der Waals surface area contributed by atoms with E-state index in [4.69, 9.17) is 28.6 Å². The van der Waals surface area contributed by atoms with E-state index >= 15 is 0 Å². The van der Waals surface area contributed by atoms with Crippen LogP contribution in [0.4, 0.5) is 5.69 Å². The standard InChI is InChI=1S/C18H17ClN2O2S/c1-12-7-9-14(19)11-15(12)20-18(24)21-17(22)10-8-13-5-3-4-6-16(13)23-2/h3-11H,1-2H3,(H2,20,21,22,24)/b10-8+. The Morgan fingerprint density at radius 2 is 2.00 bits per heavy atom. The lowest BCUT2D eigenvalue weighted by molar-refractivity contribution is -0.115. The smallest absolute Gasteiger partial charge is 0.250 e. The Morgan fingerprint density at radius 1 is 1.25 bits per heavy atom. The first kappa shape index (κ1) is 18.0. The van der Waals surface area contributed by atoms with Crippen LogP contribution in [0.1, 0.15) is 11.1 Å². The summed E-state index contributed by atoms with van der Waals surface area (Å²) >= 11 is 11.1. The molecule has 1 amide bonds. The number of amides is 1. The second-order valence-electron chi connectivity index (χ2n) is 4.98. The molecule has 2 rings (SSSR count). The summed E-state index contributed by atoms with van der Waals surface area (Å²) in [5.74, 6) is 0.356. The summed E-state index contributed by atoms with van der Waals surface area (Å²) < 4.78 is 5.23. The number of rotatable bonds is 4. The Bertz CT molecular complexity index is 790. The third-order valence-corrected chi connectivity index (χ3v) is 3.68. The number of nitrogens with one attached hydrogen (secondary N) is 2. The third kappa shape index (κ3) is 5.08. The summed E-state index contributed by atoms with van der Waals surface area (Å²) in [4.78, 5) is 12.0. The van der Waals surface area contributed by atoms with Gasteiger partial charge in [-0.3, -0.25) is 10.1 Å². The van der Waals surface area contributed by atoms with Crippen LogP contribution >= 0.6 is 23.8 Å². The molecule has 124 valence electrons. The van der Waals surface area contributed by atoms with Crippen molar-refractivity contribution in [3.8, 4) is 5.75 Å². The van der Waals surface area contributed by atoms with Crippen molar-refractivity contribution < 1.29 is 9.53 Å². The van der Waals surface area contributed by atoms with Crippen LogP contribution in [-0.4, -0.2) is 18.1 Å². The van der Waals surface area contributed by atoms with Crippen molar-refractivity contribution in [3.63, 3.8) is 0 Å². The highest BCUT2D eigenvalue weighted by Crippen LogP contribution is 2.20. The van der Waals surface area contributed by atoms with Gasteiger partial charge in [0, 0.05) is 22.3 Å². The number of para-hydroxylation sites is 1. The van der Waals surface area contributed by atoms with E-state index in [2.05, 4.69) is 10.6 Å². The highest BCUT2D eigenvalue weighted by atomic mass is 35.5. The molecule has 0 saturated carbocycles. The number of halogens is 1. The van der Waals surface area contributed by atoms with Crippen LogP contribution in [0.5, 0.6) is 5.75 Å². The van der Waals surface area contributed by atoms with Crippen LogP contribution in [0.15, 0.2) is 48.5 Å². The summed E-state index contributed by atoms with van der Waals surface area (Å²) in [6, 6.07) is 12.8. The van der Waals surface area contributed by atoms with Gasteiger partial charge in [0.05, 0.1) is 7.11 Å². The predicted octanol–water partition coefficient (Wildman–Crippen LogP) is 4.18. The number of benzene rings is 2. The molecule has 0 aromatic heterocycles. The fraction of sp³-hybridized carbons (Fsp3) is 0.111. The fourth-order valence-corrected chi connectivity index (χ4v) is 2.39. The molecular formula is C18H17ClN2O2S. The molecule has 4 nitrogen and oxygen atoms in total. The normalized spacial score (nSPS) is 10.5. The van der Waals surface area contributed by atoms with Crippen LogP contribution < -0.4 is 15.4 Å². The molecule has 2 aromatic carbocycles. The minimum atomic E-state index is -0.335. The largest absolute Gasteiger partial charge is 0.496 e. The van der Waals surface area contributed by atoms with Crippen molar-refractivity contribution in [2.45, 2.75) is 6.92 Å². The average molecular weight is 361 g/mol. The van der Waals surface area contributed by atoms with E-state index < -0.39 is 0 Å². The first-order chi connectivity index (χ1) is 11.5. The number of methoxy groups -OCH3 is 1. The molecule has 0 aliphatic rings. The van der Waals surface area contributed by atoms with E-state index in [1.165, 1.54) is 6.08 Å². The van der Waals surface area contributed by atoms with Gasteiger partial charge in [-0.25, -0.2) is 0 Å². The molecular weight excluding hydrogens is 344 g/mol. The Kier molecular flexibility index (Phi) is 6.35. The maximum atomic E-state index is 12.0. The number of ether oxygens (including phenoxy) is 1. The van der Waals surface area contributed by atoms with Crippen molar-refractivity contribution in [1.29, 1.82) is 0 Å². The van der Waals surface area contributed by atoms with E-state index in [0.717, 1.165) is 16.8 Å². The summed E-state index contributed by atoms with van der Waals surface area (Å²) in [7, 11) is 1.58. The number of aryl methyl sites for hydroxylation is 1. The number of hydrogen-bond donors (Lipinski definition) is 2. The molecule has 24 heavy (non-hydrogen) atoms. The molecule has 0 radical (unpaired) electrons. The monoisotopic (exact) mass is 360 g/mol. The van der Waals surface area contributed by atoms with Gasteiger partial charge in [0.1, 0.15) is 5.75 Å². The Labute approximate surface area is 151 Å². The molecule has 0 saturated heterocycles. The maximum absolute atomic E-state index is 12.0. The zero-order chi connectivity index (χ0) is 17.5. The van der Waals surface area contributed by atoms with Gasteiger partial charge in [-0.2, -0.15) is 0 Å². The second-order valence-corrected chi connectivity index (χ2v) is 5.82. The molecule has 0 aliphatic heterocycles. The van der Waals surface area contributed by atoms with Gasteiger partial charge in [0.25, 0.3) is 0 Å². The van der Waals surface area contributed by atoms with Crippen LogP contribution in [0.2, 0.25) is 5.02 Å². The Morgan fingerprint density at radius 3 is 2.75 bits per heavy atom. The summed E-state index contributed by atoms with van der Waals surface area (Å²) in [5.41, 5.74) is 2.53. The van der Waals surface area contributed by atoms with Crippen LogP contribution in [-0.2, 0) is 4.79 Å². The molecule has 0 spiro atoms. The van der Waals surface area contributed by atoms with Gasteiger partial charge < -0.3 is 10.1 Å². The van der Waals surface area contributed by atoms with E-state index in [1.807, 2.05) is 37.3 Å². The molecule has 2 aromatic rings. The minimum Gasteiger partial charge on any atom is -0.496 e. The van der Waals surface area contributed by atoms with Crippen molar-refractivity contribution in [2.24, 2.45) is 0 Å². The maximum Gasteiger partial charge on any atom is 0.250 e. The highest BCUT2D eigenvalue weighted by Gasteiger charge is 2.05. The highest BCUT2D eigenvalue weighted by molar-refractivity contribution is 7.80. The zero-order valence-corrected chi connectivity index (χ0v) is 14.9. The summed E-state index contributed by atoms with van der Waals surface area (Å²) in [5, 5.41) is 6.35. The summed E-state index contributed by atoms with van der Waals surface area (Å²) in [6.45, 7) is 1.92. The van der Waals surface area contributed by atoms with E-state index in [0.29, 0.717) is 10.8 Å². The van der Waals surface area contributed by atoms with Crippen LogP contribution in [0.3, 0.4) is 0 Å². The third-order valence-electron chi connectivity index (χ3n) is 3.24. The number of carbonyl (C=O) groups is 1. The zero-order valence-electron chi connectivity index (χ0n) is 13.3. The molecule has 0 aliphatic carbocycles. The molecule has 0 atom stereocenters. The SMILES string of the molecule is COc1ccccc1/C=C/C(=O)NC(=S)Nc1cc(Cl)ccc1C. The quantitative estimate of drug-likeness (QED) is 0.634. The summed E-state index contributed by atoms with van der Waals surface area (Å²) in [6.07, 6.45) is 3.07. The van der Waals surface area contributed by atoms with Gasteiger partial charge >= 0.3 is 0 Å². The average Bonchev–Trinajstić information content (AvgIpc) is 2.56. The molecule has 2 N–H and O–H groups in total. The number of anilines is 1. The van der Waals surface area contributed by atoms with E-state index in [9.17, 15) is 4.79 Å². The first-order valence-electron chi connectivity index (χ1n) is 7.19. The molecule has 0 fully saturated rings. The van der Waals surface area contributed by atoms with Gasteiger partial charge in [-0.1, -0.05) is 35.9 Å². The minimum absolute atomic E-state index is 0.204. The first-order valence-corrected chi connectivity index (χ1v) is 7.97. The molecule has 6 heteroatoms. The van der Waals surface area contributed by atoms with Crippen molar-refractivity contribution in [1.82, 2.24) is 5.32 Å². The van der Waals surface area contributed by atoms with Gasteiger partial charge in [0.15, 0.2) is 5.11 Å². The van der Waals surface area contributed by atoms with Crippen molar-refractivity contribution in [3.05, 3.63) is 64.7 Å². The van der Waals surface area contributed by atoms with E-state index in [-0.39, 0.29) is 11.0 Å². The van der Waals surface area contributed by atoms with Crippen LogP contribution in [0, 0.1) is 6.92 Å².